The van der Waals surface area contributed by atoms with Gasteiger partial charge in [0.25, 0.3) is 0 Å². The van der Waals surface area contributed by atoms with Gasteiger partial charge < -0.3 is 9.32 Å². The van der Waals surface area contributed by atoms with E-state index in [2.05, 4.69) is 26.0 Å². The molecule has 0 spiro atoms. The highest BCUT2D eigenvalue weighted by Gasteiger charge is 2.14. The number of benzene rings is 2. The van der Waals surface area contributed by atoms with Gasteiger partial charge in [0.1, 0.15) is 5.58 Å². The minimum Gasteiger partial charge on any atom is -0.440 e. The molecular formula is C19H19NO2. The summed E-state index contributed by atoms with van der Waals surface area (Å²) in [5.41, 5.74) is 2.94. The average Bonchev–Trinajstić information content (AvgIpc) is 2.56. The SMILES string of the molecule is CCc1ccccc1N(CC)c1cc(=O)c2ccccc2o1. The molecule has 112 valence electrons. The standard InChI is InChI=1S/C19H19NO2/c1-3-14-9-5-7-11-16(14)20(4-2)19-13-17(21)15-10-6-8-12-18(15)22-19/h5-13H,3-4H2,1-2H3. The number of hydrogen-bond acceptors (Lipinski definition) is 3. The van der Waals surface area contributed by atoms with E-state index in [1.54, 1.807) is 12.1 Å². The van der Waals surface area contributed by atoms with Crippen LogP contribution in [0.1, 0.15) is 19.4 Å². The zero-order valence-corrected chi connectivity index (χ0v) is 12.9. The van der Waals surface area contributed by atoms with Crippen LogP contribution in [-0.4, -0.2) is 6.54 Å². The largest absolute Gasteiger partial charge is 0.440 e. The van der Waals surface area contributed by atoms with Crippen LogP contribution in [-0.2, 0) is 6.42 Å². The fourth-order valence-corrected chi connectivity index (χ4v) is 2.74. The highest BCUT2D eigenvalue weighted by atomic mass is 16.4. The van der Waals surface area contributed by atoms with Crippen molar-refractivity contribution in [3.8, 4) is 0 Å². The van der Waals surface area contributed by atoms with E-state index in [0.717, 1.165) is 18.7 Å². The summed E-state index contributed by atoms with van der Waals surface area (Å²) >= 11 is 0. The van der Waals surface area contributed by atoms with Crippen molar-refractivity contribution in [1.29, 1.82) is 0 Å². The molecule has 0 radical (unpaired) electrons. The molecule has 3 aromatic rings. The zero-order valence-electron chi connectivity index (χ0n) is 12.9. The van der Waals surface area contributed by atoms with Gasteiger partial charge in [-0.25, -0.2) is 0 Å². The van der Waals surface area contributed by atoms with Crippen molar-refractivity contribution in [1.82, 2.24) is 0 Å². The smallest absolute Gasteiger partial charge is 0.204 e. The van der Waals surface area contributed by atoms with Crippen molar-refractivity contribution >= 4 is 22.5 Å². The Morgan fingerprint density at radius 2 is 1.73 bits per heavy atom. The van der Waals surface area contributed by atoms with Crippen molar-refractivity contribution in [2.24, 2.45) is 0 Å². The van der Waals surface area contributed by atoms with Crippen molar-refractivity contribution in [2.45, 2.75) is 20.3 Å². The molecule has 0 saturated heterocycles. The Bertz CT molecular complexity index is 851. The Labute approximate surface area is 129 Å². The Morgan fingerprint density at radius 1 is 1.00 bits per heavy atom. The third-order valence-corrected chi connectivity index (χ3v) is 3.87. The van der Waals surface area contributed by atoms with E-state index in [1.807, 2.05) is 35.2 Å². The highest BCUT2D eigenvalue weighted by molar-refractivity contribution is 5.78. The highest BCUT2D eigenvalue weighted by Crippen LogP contribution is 2.29. The lowest BCUT2D eigenvalue weighted by Crippen LogP contribution is -2.19. The third-order valence-electron chi connectivity index (χ3n) is 3.87. The monoisotopic (exact) mass is 293 g/mol. The second-order valence-corrected chi connectivity index (χ2v) is 5.17. The van der Waals surface area contributed by atoms with Gasteiger partial charge in [-0.1, -0.05) is 37.3 Å². The number of rotatable bonds is 4. The van der Waals surface area contributed by atoms with E-state index in [4.69, 9.17) is 4.42 Å². The van der Waals surface area contributed by atoms with Crippen LogP contribution in [0.4, 0.5) is 11.6 Å². The second kappa shape index (κ2) is 6.06. The van der Waals surface area contributed by atoms with Gasteiger partial charge in [0.2, 0.25) is 5.88 Å². The molecular weight excluding hydrogens is 274 g/mol. The first-order valence-electron chi connectivity index (χ1n) is 7.63. The van der Waals surface area contributed by atoms with E-state index in [1.165, 1.54) is 5.56 Å². The number of nitrogens with zero attached hydrogens (tertiary/aromatic N) is 1. The molecule has 0 atom stereocenters. The topological polar surface area (TPSA) is 33.5 Å². The van der Waals surface area contributed by atoms with Crippen LogP contribution in [0.25, 0.3) is 11.0 Å². The summed E-state index contributed by atoms with van der Waals surface area (Å²) in [6.45, 7) is 4.92. The van der Waals surface area contributed by atoms with Crippen LogP contribution in [0.2, 0.25) is 0 Å². The maximum atomic E-state index is 12.3. The number of fused-ring (bicyclic) bond motifs is 1. The summed E-state index contributed by atoms with van der Waals surface area (Å²) in [5.74, 6) is 0.590. The number of hydrogen-bond donors (Lipinski definition) is 0. The zero-order chi connectivity index (χ0) is 15.5. The molecule has 0 aliphatic heterocycles. The van der Waals surface area contributed by atoms with E-state index in [9.17, 15) is 4.79 Å². The molecule has 0 saturated carbocycles. The molecule has 0 aliphatic carbocycles. The molecule has 3 rings (SSSR count). The van der Waals surface area contributed by atoms with Crippen LogP contribution in [0, 0.1) is 0 Å². The van der Waals surface area contributed by atoms with Crippen molar-refractivity contribution < 1.29 is 4.42 Å². The first kappa shape index (κ1) is 14.4. The van der Waals surface area contributed by atoms with Crippen molar-refractivity contribution in [3.63, 3.8) is 0 Å². The molecule has 22 heavy (non-hydrogen) atoms. The normalized spacial score (nSPS) is 10.8. The summed E-state index contributed by atoms with van der Waals surface area (Å²) in [6, 6.07) is 17.2. The summed E-state index contributed by atoms with van der Waals surface area (Å²) in [7, 11) is 0. The van der Waals surface area contributed by atoms with E-state index >= 15 is 0 Å². The van der Waals surface area contributed by atoms with Crippen molar-refractivity contribution in [3.05, 3.63) is 70.4 Å². The van der Waals surface area contributed by atoms with Gasteiger partial charge in [-0.15, -0.1) is 0 Å². The van der Waals surface area contributed by atoms with Crippen LogP contribution >= 0.6 is 0 Å². The molecule has 0 N–H and O–H groups in total. The number of para-hydroxylation sites is 2. The second-order valence-electron chi connectivity index (χ2n) is 5.17. The van der Waals surface area contributed by atoms with Gasteiger partial charge in [0.05, 0.1) is 5.39 Å². The molecule has 1 aromatic heterocycles. The average molecular weight is 293 g/mol. The fraction of sp³-hybridized carbons (Fsp3) is 0.211. The van der Waals surface area contributed by atoms with Crippen molar-refractivity contribution in [2.75, 3.05) is 11.4 Å². The lowest BCUT2D eigenvalue weighted by molar-refractivity contribution is 0.596. The van der Waals surface area contributed by atoms with E-state index < -0.39 is 0 Å². The molecule has 1 heterocycles. The van der Waals surface area contributed by atoms with E-state index in [0.29, 0.717) is 16.9 Å². The maximum Gasteiger partial charge on any atom is 0.204 e. The predicted molar refractivity (Wildman–Crippen MR) is 91.0 cm³/mol. The van der Waals surface area contributed by atoms with Gasteiger partial charge in [0, 0.05) is 18.3 Å². The maximum absolute atomic E-state index is 12.3. The lowest BCUT2D eigenvalue weighted by atomic mass is 10.1. The van der Waals surface area contributed by atoms with E-state index in [-0.39, 0.29) is 5.43 Å². The van der Waals surface area contributed by atoms with Gasteiger partial charge in [0.15, 0.2) is 5.43 Å². The molecule has 0 unspecified atom stereocenters. The molecule has 3 heteroatoms. The van der Waals surface area contributed by atoms with Crippen LogP contribution < -0.4 is 10.3 Å². The lowest BCUT2D eigenvalue weighted by Gasteiger charge is -2.24. The minimum atomic E-state index is -0.00993. The molecule has 2 aromatic carbocycles. The first-order chi connectivity index (χ1) is 10.7. The predicted octanol–water partition coefficient (Wildman–Crippen LogP) is 4.51. The molecule has 0 aliphatic rings. The van der Waals surface area contributed by atoms with Crippen LogP contribution in [0.3, 0.4) is 0 Å². The van der Waals surface area contributed by atoms with Crippen LogP contribution in [0.15, 0.2) is 63.8 Å². The first-order valence-corrected chi connectivity index (χ1v) is 7.63. The summed E-state index contributed by atoms with van der Waals surface area (Å²) < 4.78 is 5.98. The summed E-state index contributed by atoms with van der Waals surface area (Å²) in [6.07, 6.45) is 0.935. The number of aryl methyl sites for hydroxylation is 1. The molecule has 0 amide bonds. The Balaban J connectivity index is 2.17. The molecule has 3 nitrogen and oxygen atoms in total. The molecule has 0 fully saturated rings. The van der Waals surface area contributed by atoms with Gasteiger partial charge >= 0.3 is 0 Å². The third kappa shape index (κ3) is 2.50. The fourth-order valence-electron chi connectivity index (χ4n) is 2.74. The van der Waals surface area contributed by atoms with Gasteiger partial charge in [-0.2, -0.15) is 0 Å². The Kier molecular flexibility index (Phi) is 3.96. The summed E-state index contributed by atoms with van der Waals surface area (Å²) in [4.78, 5) is 14.4. The minimum absolute atomic E-state index is 0.00993. The molecule has 0 bridgehead atoms. The number of anilines is 2. The van der Waals surface area contributed by atoms with Gasteiger partial charge in [-0.3, -0.25) is 4.79 Å². The quantitative estimate of drug-likeness (QED) is 0.709. The van der Waals surface area contributed by atoms with Gasteiger partial charge in [-0.05, 0) is 37.1 Å². The van der Waals surface area contributed by atoms with Crippen LogP contribution in [0.5, 0.6) is 0 Å². The summed E-state index contributed by atoms with van der Waals surface area (Å²) in [5, 5.41) is 0.617. The Hall–Kier alpha value is -2.55. The Morgan fingerprint density at radius 3 is 2.50 bits per heavy atom.